The molecule has 0 bridgehead atoms. The summed E-state index contributed by atoms with van der Waals surface area (Å²) in [5.74, 6) is 4.63. The topological polar surface area (TPSA) is 72.3 Å². The van der Waals surface area contributed by atoms with Gasteiger partial charge in [0.2, 0.25) is 0 Å². The van der Waals surface area contributed by atoms with Crippen LogP contribution in [0.4, 0.5) is 11.4 Å². The van der Waals surface area contributed by atoms with Crippen molar-refractivity contribution >= 4 is 11.4 Å². The lowest BCUT2D eigenvalue weighted by Gasteiger charge is -2.39. The van der Waals surface area contributed by atoms with Gasteiger partial charge in [0.15, 0.2) is 0 Å². The Morgan fingerprint density at radius 1 is 0.615 bits per heavy atom. The molecule has 0 spiro atoms. The minimum absolute atomic E-state index is 0.110. The van der Waals surface area contributed by atoms with E-state index in [2.05, 4.69) is 0 Å². The van der Waals surface area contributed by atoms with E-state index in [4.69, 9.17) is 11.5 Å². The highest BCUT2D eigenvalue weighted by atomic mass is 16.3. The third-order valence-electron chi connectivity index (χ3n) is 8.06. The summed E-state index contributed by atoms with van der Waals surface area (Å²) < 4.78 is 0. The number of hydrogen-bond acceptors (Lipinski definition) is 3. The van der Waals surface area contributed by atoms with Crippen molar-refractivity contribution in [3.05, 3.63) is 17.7 Å². The number of anilines is 2. The molecule has 144 valence electrons. The third kappa shape index (κ3) is 3.54. The summed E-state index contributed by atoms with van der Waals surface area (Å²) in [6.07, 6.45) is 17.1. The van der Waals surface area contributed by atoms with Gasteiger partial charge in [0, 0.05) is 0 Å². The minimum Gasteiger partial charge on any atom is -0.506 e. The van der Waals surface area contributed by atoms with Crippen LogP contribution < -0.4 is 11.5 Å². The van der Waals surface area contributed by atoms with E-state index < -0.39 is 0 Å². The summed E-state index contributed by atoms with van der Waals surface area (Å²) in [7, 11) is 0. The summed E-state index contributed by atoms with van der Waals surface area (Å²) in [5, 5.41) is 9.73. The van der Waals surface area contributed by atoms with Crippen LogP contribution in [0.2, 0.25) is 0 Å². The van der Waals surface area contributed by atoms with Gasteiger partial charge in [-0.25, -0.2) is 0 Å². The van der Waals surface area contributed by atoms with Crippen molar-refractivity contribution in [2.45, 2.75) is 83.0 Å². The highest BCUT2D eigenvalue weighted by Gasteiger charge is 2.34. The van der Waals surface area contributed by atoms with Crippen LogP contribution in [0, 0.1) is 23.7 Å². The third-order valence-corrected chi connectivity index (χ3v) is 8.06. The Bertz CT molecular complexity index is 607. The number of aromatic hydroxyl groups is 1. The molecule has 1 aromatic rings. The minimum atomic E-state index is 0.110. The Balaban J connectivity index is 1.30. The first-order valence-electron chi connectivity index (χ1n) is 11.0. The van der Waals surface area contributed by atoms with Crippen LogP contribution in [0.25, 0.3) is 0 Å². The zero-order valence-electron chi connectivity index (χ0n) is 16.1. The molecule has 0 amide bonds. The van der Waals surface area contributed by atoms with E-state index in [1.54, 1.807) is 6.07 Å². The van der Waals surface area contributed by atoms with Crippen LogP contribution in [-0.2, 0) is 0 Å². The molecule has 0 aliphatic heterocycles. The number of phenolic OH excluding ortho intramolecular Hbond substituents is 1. The van der Waals surface area contributed by atoms with Crippen molar-refractivity contribution in [1.82, 2.24) is 0 Å². The molecule has 0 heterocycles. The molecule has 1 aromatic carbocycles. The quantitative estimate of drug-likeness (QED) is 0.471. The van der Waals surface area contributed by atoms with E-state index in [1.807, 2.05) is 6.07 Å². The van der Waals surface area contributed by atoms with E-state index >= 15 is 0 Å². The Morgan fingerprint density at radius 3 is 1.62 bits per heavy atom. The van der Waals surface area contributed by atoms with Gasteiger partial charge in [0.25, 0.3) is 0 Å². The Hall–Kier alpha value is -1.38. The SMILES string of the molecule is Nc1c(O)ccc(C2CCC(C3CCC(C4CCCC4)CC3)CC2)c1N. The summed E-state index contributed by atoms with van der Waals surface area (Å²) in [6, 6.07) is 3.69. The molecule has 3 saturated carbocycles. The van der Waals surface area contributed by atoms with E-state index in [0.717, 1.165) is 29.2 Å². The monoisotopic (exact) mass is 356 g/mol. The van der Waals surface area contributed by atoms with Gasteiger partial charge in [-0.3, -0.25) is 0 Å². The van der Waals surface area contributed by atoms with Crippen molar-refractivity contribution in [3.63, 3.8) is 0 Å². The first-order valence-corrected chi connectivity index (χ1v) is 11.0. The maximum Gasteiger partial charge on any atom is 0.140 e. The first kappa shape index (κ1) is 18.0. The van der Waals surface area contributed by atoms with Gasteiger partial charge in [-0.1, -0.05) is 31.7 Å². The maximum absolute atomic E-state index is 9.73. The normalized spacial score (nSPS) is 33.4. The van der Waals surface area contributed by atoms with E-state index in [9.17, 15) is 5.11 Å². The smallest absolute Gasteiger partial charge is 0.140 e. The van der Waals surface area contributed by atoms with Crippen LogP contribution >= 0.6 is 0 Å². The largest absolute Gasteiger partial charge is 0.506 e. The predicted octanol–water partition coefficient (Wildman–Crippen LogP) is 5.83. The van der Waals surface area contributed by atoms with E-state index in [0.29, 0.717) is 17.3 Å². The fourth-order valence-electron chi connectivity index (χ4n) is 6.42. The zero-order chi connectivity index (χ0) is 18.1. The molecule has 26 heavy (non-hydrogen) atoms. The Morgan fingerprint density at radius 2 is 1.08 bits per heavy atom. The van der Waals surface area contributed by atoms with Gasteiger partial charge >= 0.3 is 0 Å². The molecular formula is C23H36N2O. The fraction of sp³-hybridized carbons (Fsp3) is 0.739. The average Bonchev–Trinajstić information content (AvgIpc) is 3.22. The van der Waals surface area contributed by atoms with Crippen LogP contribution in [0.15, 0.2) is 12.1 Å². The van der Waals surface area contributed by atoms with Crippen molar-refractivity contribution in [2.24, 2.45) is 23.7 Å². The van der Waals surface area contributed by atoms with Gasteiger partial charge in [-0.2, -0.15) is 0 Å². The molecule has 0 atom stereocenters. The molecular weight excluding hydrogens is 320 g/mol. The lowest BCUT2D eigenvalue weighted by Crippen LogP contribution is -2.27. The molecule has 3 aliphatic carbocycles. The molecule has 3 heteroatoms. The van der Waals surface area contributed by atoms with Crippen molar-refractivity contribution < 1.29 is 5.11 Å². The molecule has 5 N–H and O–H groups in total. The van der Waals surface area contributed by atoms with Gasteiger partial charge in [0.1, 0.15) is 5.75 Å². The zero-order valence-corrected chi connectivity index (χ0v) is 16.1. The summed E-state index contributed by atoms with van der Waals surface area (Å²) in [6.45, 7) is 0. The second kappa shape index (κ2) is 7.70. The van der Waals surface area contributed by atoms with Gasteiger partial charge in [-0.05, 0) is 92.6 Å². The summed E-state index contributed by atoms with van der Waals surface area (Å²) in [5.41, 5.74) is 14.2. The number of rotatable bonds is 3. The van der Waals surface area contributed by atoms with Crippen LogP contribution in [0.5, 0.6) is 5.75 Å². The molecule has 0 aromatic heterocycles. The van der Waals surface area contributed by atoms with Crippen molar-refractivity contribution in [1.29, 1.82) is 0 Å². The highest BCUT2D eigenvalue weighted by Crippen LogP contribution is 2.48. The fourth-order valence-corrected chi connectivity index (χ4v) is 6.42. The van der Waals surface area contributed by atoms with Crippen LogP contribution in [0.1, 0.15) is 88.5 Å². The number of benzene rings is 1. The molecule has 3 aliphatic rings. The Labute approximate surface area is 158 Å². The number of nitrogens with two attached hydrogens (primary N) is 2. The van der Waals surface area contributed by atoms with Crippen molar-refractivity contribution in [2.75, 3.05) is 11.5 Å². The van der Waals surface area contributed by atoms with E-state index in [-0.39, 0.29) is 5.75 Å². The maximum atomic E-state index is 9.73. The van der Waals surface area contributed by atoms with Crippen LogP contribution in [-0.4, -0.2) is 5.11 Å². The first-order chi connectivity index (χ1) is 12.6. The van der Waals surface area contributed by atoms with Gasteiger partial charge in [0.05, 0.1) is 11.4 Å². The standard InChI is InChI=1S/C23H36N2O/c24-22-20(13-14-21(26)23(22)25)19-11-9-18(10-12-19)17-7-5-16(6-8-17)15-3-1-2-4-15/h13-19,26H,1-12,24-25H2. The lowest BCUT2D eigenvalue weighted by atomic mass is 9.66. The number of hydrogen-bond donors (Lipinski definition) is 3. The molecule has 3 nitrogen and oxygen atoms in total. The molecule has 3 fully saturated rings. The predicted molar refractivity (Wildman–Crippen MR) is 109 cm³/mol. The summed E-state index contributed by atoms with van der Waals surface area (Å²) >= 11 is 0. The second-order valence-corrected chi connectivity index (χ2v) is 9.33. The molecule has 0 unspecified atom stereocenters. The number of nitrogen functional groups attached to an aromatic ring is 2. The average molecular weight is 357 g/mol. The Kier molecular flexibility index (Phi) is 5.33. The molecule has 0 saturated heterocycles. The molecule has 0 radical (unpaired) electrons. The van der Waals surface area contributed by atoms with Crippen molar-refractivity contribution in [3.8, 4) is 5.75 Å². The van der Waals surface area contributed by atoms with Gasteiger partial charge in [-0.15, -0.1) is 0 Å². The number of phenols is 1. The lowest BCUT2D eigenvalue weighted by molar-refractivity contribution is 0.135. The summed E-state index contributed by atoms with van der Waals surface area (Å²) in [4.78, 5) is 0. The van der Waals surface area contributed by atoms with Gasteiger partial charge < -0.3 is 16.6 Å². The molecule has 4 rings (SSSR count). The second-order valence-electron chi connectivity index (χ2n) is 9.33. The van der Waals surface area contributed by atoms with E-state index in [1.165, 1.54) is 77.0 Å². The highest BCUT2D eigenvalue weighted by molar-refractivity contribution is 5.74. The van der Waals surface area contributed by atoms with Crippen LogP contribution in [0.3, 0.4) is 0 Å².